The summed E-state index contributed by atoms with van der Waals surface area (Å²) < 4.78 is 5.42. The molecule has 2 aliphatic rings. The van der Waals surface area contributed by atoms with E-state index in [9.17, 15) is 15.3 Å². The predicted octanol–water partition coefficient (Wildman–Crippen LogP) is -0.962. The Hall–Kier alpha value is -2.26. The SMILES string of the molecule is N#CCCNc1nc(N[C@@H]2O[C@H](CO)[C@@H](O)[C@H]2O)nc(N2CCCCC2)n1. The molecule has 0 spiro atoms. The van der Waals surface area contributed by atoms with Gasteiger partial charge < -0.3 is 35.6 Å². The van der Waals surface area contributed by atoms with Crippen LogP contribution in [0.5, 0.6) is 0 Å². The first kappa shape index (κ1) is 19.5. The molecule has 3 heterocycles. The van der Waals surface area contributed by atoms with Gasteiger partial charge in [-0.1, -0.05) is 0 Å². The fraction of sp³-hybridized carbons (Fsp3) is 0.750. The third-order valence-corrected chi connectivity index (χ3v) is 4.60. The first-order chi connectivity index (χ1) is 13.1. The lowest BCUT2D eigenvalue weighted by molar-refractivity contribution is -0.0154. The van der Waals surface area contributed by atoms with Gasteiger partial charge in [-0.2, -0.15) is 20.2 Å². The van der Waals surface area contributed by atoms with Crippen LogP contribution in [0.1, 0.15) is 25.7 Å². The van der Waals surface area contributed by atoms with Crippen molar-refractivity contribution in [3.8, 4) is 6.07 Å². The van der Waals surface area contributed by atoms with Crippen LogP contribution in [0.25, 0.3) is 0 Å². The van der Waals surface area contributed by atoms with Crippen molar-refractivity contribution in [3.05, 3.63) is 0 Å². The highest BCUT2D eigenvalue weighted by molar-refractivity contribution is 5.44. The lowest BCUT2D eigenvalue weighted by Crippen LogP contribution is -2.37. The molecule has 1 aromatic rings. The van der Waals surface area contributed by atoms with E-state index in [-0.39, 0.29) is 5.95 Å². The van der Waals surface area contributed by atoms with Crippen molar-refractivity contribution in [2.24, 2.45) is 0 Å². The van der Waals surface area contributed by atoms with Gasteiger partial charge in [0.15, 0.2) is 6.23 Å². The summed E-state index contributed by atoms with van der Waals surface area (Å²) in [7, 11) is 0. The van der Waals surface area contributed by atoms with Crippen LogP contribution in [0.3, 0.4) is 0 Å². The van der Waals surface area contributed by atoms with Gasteiger partial charge in [0.1, 0.15) is 18.3 Å². The van der Waals surface area contributed by atoms with Crippen LogP contribution in [0.2, 0.25) is 0 Å². The number of aliphatic hydroxyl groups is 3. The highest BCUT2D eigenvalue weighted by Gasteiger charge is 2.42. The monoisotopic (exact) mass is 379 g/mol. The Morgan fingerprint density at radius 3 is 2.52 bits per heavy atom. The summed E-state index contributed by atoms with van der Waals surface area (Å²) >= 11 is 0. The third kappa shape index (κ3) is 4.72. The maximum Gasteiger partial charge on any atom is 0.231 e. The maximum absolute atomic E-state index is 10.1. The number of nitrogens with one attached hydrogen (secondary N) is 2. The van der Waals surface area contributed by atoms with Crippen molar-refractivity contribution in [2.75, 3.05) is 41.8 Å². The lowest BCUT2D eigenvalue weighted by Gasteiger charge is -2.27. The fourth-order valence-corrected chi connectivity index (χ4v) is 3.12. The number of rotatable bonds is 7. The minimum absolute atomic E-state index is 0.180. The van der Waals surface area contributed by atoms with Gasteiger partial charge in [-0.05, 0) is 19.3 Å². The number of nitriles is 1. The van der Waals surface area contributed by atoms with E-state index in [1.54, 1.807) is 0 Å². The summed E-state index contributed by atoms with van der Waals surface area (Å²) in [6.07, 6.45) is -0.683. The Bertz CT molecular complexity index is 665. The predicted molar refractivity (Wildman–Crippen MR) is 96.0 cm³/mol. The van der Waals surface area contributed by atoms with Gasteiger partial charge in [-0.15, -0.1) is 0 Å². The molecule has 1 aromatic heterocycles. The molecular formula is C16H25N7O4. The molecule has 2 saturated heterocycles. The van der Waals surface area contributed by atoms with Crippen molar-refractivity contribution >= 4 is 17.8 Å². The van der Waals surface area contributed by atoms with Crippen molar-refractivity contribution in [1.82, 2.24) is 15.0 Å². The van der Waals surface area contributed by atoms with Crippen LogP contribution < -0.4 is 15.5 Å². The Balaban J connectivity index is 1.78. The minimum atomic E-state index is -1.23. The van der Waals surface area contributed by atoms with Crippen LogP contribution in [-0.2, 0) is 4.74 Å². The molecule has 0 bridgehead atoms. The third-order valence-electron chi connectivity index (χ3n) is 4.60. The zero-order chi connectivity index (χ0) is 19.2. The van der Waals surface area contributed by atoms with E-state index >= 15 is 0 Å². The smallest absolute Gasteiger partial charge is 0.231 e. The first-order valence-corrected chi connectivity index (χ1v) is 9.13. The minimum Gasteiger partial charge on any atom is -0.394 e. The number of hydrogen-bond acceptors (Lipinski definition) is 11. The second-order valence-corrected chi connectivity index (χ2v) is 6.57. The number of ether oxygens (including phenoxy) is 1. The number of piperidine rings is 1. The van der Waals surface area contributed by atoms with Crippen molar-refractivity contribution in [1.29, 1.82) is 5.26 Å². The number of hydrogen-bond donors (Lipinski definition) is 5. The molecule has 0 radical (unpaired) electrons. The van der Waals surface area contributed by atoms with E-state index in [0.717, 1.165) is 25.9 Å². The zero-order valence-electron chi connectivity index (χ0n) is 15.0. The molecule has 11 nitrogen and oxygen atoms in total. The van der Waals surface area contributed by atoms with Crippen LogP contribution in [0.4, 0.5) is 17.8 Å². The summed E-state index contributed by atoms with van der Waals surface area (Å²) in [6.45, 7) is 1.67. The Labute approximate surface area is 157 Å². The number of aliphatic hydroxyl groups excluding tert-OH is 3. The molecule has 4 atom stereocenters. The highest BCUT2D eigenvalue weighted by atomic mass is 16.6. The van der Waals surface area contributed by atoms with E-state index in [1.807, 2.05) is 6.07 Å². The standard InChI is InChI=1S/C16H25N7O4/c17-5-4-6-18-14-20-15(19-13-12(26)11(25)10(9-24)27-13)22-16(21-14)23-7-2-1-3-8-23/h10-13,24-26H,1-4,6-9H2,(H2,18,19,20,21,22)/t10-,11-,12-,13-/m1/s1. The average molecular weight is 379 g/mol. The Morgan fingerprint density at radius 2 is 1.85 bits per heavy atom. The maximum atomic E-state index is 10.1. The molecule has 11 heteroatoms. The molecule has 0 aliphatic carbocycles. The van der Waals surface area contributed by atoms with Gasteiger partial charge in [-0.3, -0.25) is 0 Å². The number of anilines is 3. The Kier molecular flexibility index (Phi) is 6.57. The van der Waals surface area contributed by atoms with E-state index in [4.69, 9.17) is 10.00 Å². The molecule has 2 fully saturated rings. The molecule has 148 valence electrons. The molecule has 27 heavy (non-hydrogen) atoms. The Morgan fingerprint density at radius 1 is 1.11 bits per heavy atom. The largest absolute Gasteiger partial charge is 0.394 e. The topological polar surface area (TPSA) is 160 Å². The highest BCUT2D eigenvalue weighted by Crippen LogP contribution is 2.24. The van der Waals surface area contributed by atoms with Crippen LogP contribution >= 0.6 is 0 Å². The summed E-state index contributed by atoms with van der Waals surface area (Å²) in [6, 6.07) is 2.05. The summed E-state index contributed by atoms with van der Waals surface area (Å²) in [4.78, 5) is 15.1. The van der Waals surface area contributed by atoms with Gasteiger partial charge in [0, 0.05) is 19.6 Å². The van der Waals surface area contributed by atoms with E-state index in [0.29, 0.717) is 24.9 Å². The molecular weight excluding hydrogens is 354 g/mol. The number of aromatic nitrogens is 3. The summed E-state index contributed by atoms with van der Waals surface area (Å²) in [5.41, 5.74) is 0. The summed E-state index contributed by atoms with van der Waals surface area (Å²) in [5, 5.41) is 43.7. The number of nitrogens with zero attached hydrogens (tertiary/aromatic N) is 5. The van der Waals surface area contributed by atoms with Gasteiger partial charge in [0.25, 0.3) is 0 Å². The molecule has 0 amide bonds. The second-order valence-electron chi connectivity index (χ2n) is 6.57. The van der Waals surface area contributed by atoms with Gasteiger partial charge in [0.2, 0.25) is 17.8 Å². The lowest BCUT2D eigenvalue weighted by atomic mass is 10.1. The first-order valence-electron chi connectivity index (χ1n) is 9.13. The van der Waals surface area contributed by atoms with Crippen LogP contribution in [0, 0.1) is 11.3 Å². The molecule has 2 aliphatic heterocycles. The summed E-state index contributed by atoms with van der Waals surface area (Å²) in [5.74, 6) is 0.994. The molecule has 0 aromatic carbocycles. The van der Waals surface area contributed by atoms with Gasteiger partial charge in [0.05, 0.1) is 19.1 Å². The average Bonchev–Trinajstić information content (AvgIpc) is 2.96. The molecule has 0 unspecified atom stereocenters. The van der Waals surface area contributed by atoms with Crippen LogP contribution in [0.15, 0.2) is 0 Å². The normalized spacial score (nSPS) is 28.0. The fourth-order valence-electron chi connectivity index (χ4n) is 3.12. The molecule has 0 saturated carbocycles. The molecule has 3 rings (SSSR count). The van der Waals surface area contributed by atoms with Crippen molar-refractivity contribution in [3.63, 3.8) is 0 Å². The second kappa shape index (κ2) is 9.09. The van der Waals surface area contributed by atoms with Gasteiger partial charge >= 0.3 is 0 Å². The van der Waals surface area contributed by atoms with Crippen molar-refractivity contribution < 1.29 is 20.1 Å². The van der Waals surface area contributed by atoms with Crippen LogP contribution in [-0.4, -0.2) is 81.1 Å². The van der Waals surface area contributed by atoms with E-state index < -0.39 is 31.1 Å². The molecule has 5 N–H and O–H groups in total. The zero-order valence-corrected chi connectivity index (χ0v) is 15.0. The van der Waals surface area contributed by atoms with Crippen molar-refractivity contribution in [2.45, 2.75) is 50.2 Å². The van der Waals surface area contributed by atoms with Gasteiger partial charge in [-0.25, -0.2) is 0 Å². The van der Waals surface area contributed by atoms with E-state index in [2.05, 4.69) is 30.5 Å². The quantitative estimate of drug-likeness (QED) is 0.371. The van der Waals surface area contributed by atoms with E-state index in [1.165, 1.54) is 6.42 Å².